The van der Waals surface area contributed by atoms with E-state index in [2.05, 4.69) is 4.72 Å². The largest absolute Gasteiger partial charge is 0.279 e. The number of nitriles is 1. The molecule has 0 bridgehead atoms. The van der Waals surface area contributed by atoms with Crippen LogP contribution < -0.4 is 4.72 Å². The highest BCUT2D eigenvalue weighted by Crippen LogP contribution is 2.25. The first-order chi connectivity index (χ1) is 8.94. The second-order valence-corrected chi connectivity index (χ2v) is 6.74. The number of halogens is 1. The van der Waals surface area contributed by atoms with Crippen LogP contribution in [0.5, 0.6) is 0 Å². The van der Waals surface area contributed by atoms with Gasteiger partial charge < -0.3 is 0 Å². The van der Waals surface area contributed by atoms with Crippen LogP contribution in [-0.2, 0) is 10.0 Å². The fourth-order valence-corrected chi connectivity index (χ4v) is 3.66. The Hall–Kier alpha value is -1.91. The molecule has 0 saturated heterocycles. The highest BCUT2D eigenvalue weighted by atomic mass is 32.2. The number of hydrogen-bond acceptors (Lipinski definition) is 4. The van der Waals surface area contributed by atoms with Crippen LogP contribution in [0.2, 0.25) is 0 Å². The van der Waals surface area contributed by atoms with Crippen LogP contribution in [0.4, 0.5) is 10.1 Å². The molecule has 1 heterocycles. The first kappa shape index (κ1) is 13.5. The van der Waals surface area contributed by atoms with Gasteiger partial charge in [-0.05, 0) is 31.2 Å². The van der Waals surface area contributed by atoms with Crippen molar-refractivity contribution in [2.24, 2.45) is 0 Å². The number of thiophene rings is 1. The zero-order chi connectivity index (χ0) is 14.0. The Bertz CT molecular complexity index is 760. The molecule has 0 unspecified atom stereocenters. The topological polar surface area (TPSA) is 70.0 Å². The van der Waals surface area contributed by atoms with Crippen LogP contribution in [-0.4, -0.2) is 8.42 Å². The van der Waals surface area contributed by atoms with E-state index in [-0.39, 0.29) is 15.5 Å². The lowest BCUT2D eigenvalue weighted by Crippen LogP contribution is -2.12. The third kappa shape index (κ3) is 2.75. The van der Waals surface area contributed by atoms with Gasteiger partial charge in [-0.3, -0.25) is 4.72 Å². The number of hydrogen-bond donors (Lipinski definition) is 1. The van der Waals surface area contributed by atoms with Crippen LogP contribution in [0.15, 0.2) is 34.5 Å². The Morgan fingerprint density at radius 2 is 2.05 bits per heavy atom. The first-order valence-electron chi connectivity index (χ1n) is 5.22. The molecule has 0 atom stereocenters. The summed E-state index contributed by atoms with van der Waals surface area (Å²) in [7, 11) is -3.79. The average Bonchev–Trinajstić information content (AvgIpc) is 2.84. The van der Waals surface area contributed by atoms with Crippen molar-refractivity contribution in [2.45, 2.75) is 11.1 Å². The van der Waals surface area contributed by atoms with Crippen LogP contribution in [0.25, 0.3) is 0 Å². The van der Waals surface area contributed by atoms with E-state index in [0.717, 1.165) is 11.3 Å². The average molecular weight is 296 g/mol. The van der Waals surface area contributed by atoms with Crippen LogP contribution in [0, 0.1) is 24.1 Å². The van der Waals surface area contributed by atoms with Gasteiger partial charge in [-0.15, -0.1) is 11.3 Å². The van der Waals surface area contributed by atoms with Crippen LogP contribution >= 0.6 is 11.3 Å². The molecule has 1 aromatic carbocycles. The van der Waals surface area contributed by atoms with Crippen molar-refractivity contribution in [1.29, 1.82) is 5.26 Å². The summed E-state index contributed by atoms with van der Waals surface area (Å²) in [6.07, 6.45) is 0. The standard InChI is InChI=1S/C12H9FN2O2S2/c1-8-10(13)3-2-4-11(8)15-19(16,17)12-6-5-9(7-14)18-12/h2-6,15H,1H3. The summed E-state index contributed by atoms with van der Waals surface area (Å²) in [5.74, 6) is -0.482. The molecule has 0 saturated carbocycles. The van der Waals surface area contributed by atoms with Gasteiger partial charge in [0.1, 0.15) is 21.0 Å². The van der Waals surface area contributed by atoms with Gasteiger partial charge in [0.15, 0.2) is 0 Å². The van der Waals surface area contributed by atoms with Crippen molar-refractivity contribution in [3.05, 3.63) is 46.6 Å². The van der Waals surface area contributed by atoms with E-state index in [1.165, 1.54) is 37.3 Å². The van der Waals surface area contributed by atoms with Gasteiger partial charge in [0.2, 0.25) is 0 Å². The van der Waals surface area contributed by atoms with E-state index in [1.807, 2.05) is 6.07 Å². The van der Waals surface area contributed by atoms with E-state index in [9.17, 15) is 12.8 Å². The number of nitrogens with zero attached hydrogens (tertiary/aromatic N) is 1. The first-order valence-corrected chi connectivity index (χ1v) is 7.52. The van der Waals surface area contributed by atoms with Crippen molar-refractivity contribution in [2.75, 3.05) is 4.72 Å². The van der Waals surface area contributed by atoms with E-state index < -0.39 is 15.8 Å². The third-order valence-corrected chi connectivity index (χ3v) is 5.32. The highest BCUT2D eigenvalue weighted by Gasteiger charge is 2.18. The Morgan fingerprint density at radius 1 is 1.32 bits per heavy atom. The molecule has 0 radical (unpaired) electrons. The van der Waals surface area contributed by atoms with Gasteiger partial charge in [-0.2, -0.15) is 5.26 Å². The minimum absolute atomic E-state index is 0.0210. The van der Waals surface area contributed by atoms with Gasteiger partial charge in [0, 0.05) is 5.56 Å². The predicted octanol–water partition coefficient (Wildman–Crippen LogP) is 2.87. The highest BCUT2D eigenvalue weighted by molar-refractivity contribution is 7.94. The molecule has 1 aromatic heterocycles. The lowest BCUT2D eigenvalue weighted by molar-refractivity contribution is 0.602. The molecule has 1 N–H and O–H groups in total. The second kappa shape index (κ2) is 4.99. The molecule has 0 aliphatic heterocycles. The summed E-state index contributed by atoms with van der Waals surface area (Å²) in [5.41, 5.74) is 0.412. The van der Waals surface area contributed by atoms with E-state index >= 15 is 0 Å². The summed E-state index contributed by atoms with van der Waals surface area (Å²) in [6.45, 7) is 1.49. The quantitative estimate of drug-likeness (QED) is 0.946. The van der Waals surface area contributed by atoms with E-state index in [1.54, 1.807) is 0 Å². The van der Waals surface area contributed by atoms with Gasteiger partial charge in [-0.1, -0.05) is 6.07 Å². The fourth-order valence-electron chi connectivity index (χ4n) is 1.44. The zero-order valence-electron chi connectivity index (χ0n) is 9.84. The maximum atomic E-state index is 13.3. The second-order valence-electron chi connectivity index (χ2n) is 3.75. The molecule has 0 aliphatic rings. The fraction of sp³-hybridized carbons (Fsp3) is 0.0833. The minimum Gasteiger partial charge on any atom is -0.279 e. The van der Waals surface area contributed by atoms with Crippen molar-refractivity contribution in [3.8, 4) is 6.07 Å². The van der Waals surface area contributed by atoms with Crippen molar-refractivity contribution in [1.82, 2.24) is 0 Å². The smallest absolute Gasteiger partial charge is 0.271 e. The Morgan fingerprint density at radius 3 is 2.68 bits per heavy atom. The number of sulfonamides is 1. The van der Waals surface area contributed by atoms with Crippen LogP contribution in [0.1, 0.15) is 10.4 Å². The van der Waals surface area contributed by atoms with Crippen molar-refractivity contribution >= 4 is 27.0 Å². The number of benzene rings is 1. The SMILES string of the molecule is Cc1c(F)cccc1NS(=O)(=O)c1ccc(C#N)s1. The molecule has 0 amide bonds. The van der Waals surface area contributed by atoms with E-state index in [0.29, 0.717) is 4.88 Å². The number of rotatable bonds is 3. The molecule has 4 nitrogen and oxygen atoms in total. The summed E-state index contributed by atoms with van der Waals surface area (Å²) in [5, 5.41) is 8.68. The van der Waals surface area contributed by atoms with Crippen molar-refractivity contribution < 1.29 is 12.8 Å². The van der Waals surface area contributed by atoms with E-state index in [4.69, 9.17) is 5.26 Å². The summed E-state index contributed by atoms with van der Waals surface area (Å²) >= 11 is 0.864. The van der Waals surface area contributed by atoms with Gasteiger partial charge in [-0.25, -0.2) is 12.8 Å². The Kier molecular flexibility index (Phi) is 3.55. The number of nitrogens with one attached hydrogen (secondary N) is 1. The maximum Gasteiger partial charge on any atom is 0.271 e. The monoisotopic (exact) mass is 296 g/mol. The molecule has 98 valence electrons. The summed E-state index contributed by atoms with van der Waals surface area (Å²) in [4.78, 5) is 0.302. The molecule has 0 aliphatic carbocycles. The maximum absolute atomic E-state index is 13.3. The van der Waals surface area contributed by atoms with Gasteiger partial charge >= 0.3 is 0 Å². The van der Waals surface area contributed by atoms with Gasteiger partial charge in [0.25, 0.3) is 10.0 Å². The normalized spacial score (nSPS) is 11.0. The molecule has 19 heavy (non-hydrogen) atoms. The molecule has 7 heteroatoms. The third-order valence-electron chi connectivity index (χ3n) is 2.47. The predicted molar refractivity (Wildman–Crippen MR) is 71.0 cm³/mol. The Labute approximate surface area is 114 Å². The zero-order valence-corrected chi connectivity index (χ0v) is 11.5. The molecular formula is C12H9FN2O2S2. The lowest BCUT2D eigenvalue weighted by atomic mass is 10.2. The molecule has 0 fully saturated rings. The van der Waals surface area contributed by atoms with Crippen molar-refractivity contribution in [3.63, 3.8) is 0 Å². The van der Waals surface area contributed by atoms with Crippen LogP contribution in [0.3, 0.4) is 0 Å². The molecule has 2 aromatic rings. The Balaban J connectivity index is 2.37. The minimum atomic E-state index is -3.79. The van der Waals surface area contributed by atoms with Gasteiger partial charge in [0.05, 0.1) is 5.69 Å². The number of anilines is 1. The summed E-state index contributed by atoms with van der Waals surface area (Å²) < 4.78 is 39.8. The lowest BCUT2D eigenvalue weighted by Gasteiger charge is -2.09. The molecule has 0 spiro atoms. The summed E-state index contributed by atoms with van der Waals surface area (Å²) in [6, 6.07) is 8.81. The molecular weight excluding hydrogens is 287 g/mol. The molecule has 2 rings (SSSR count).